The fourth-order valence-electron chi connectivity index (χ4n) is 2.40. The zero-order valence-corrected chi connectivity index (χ0v) is 12.9. The number of hydrogen-bond acceptors (Lipinski definition) is 3. The van der Waals surface area contributed by atoms with Gasteiger partial charge in [0, 0.05) is 17.6 Å². The van der Waals surface area contributed by atoms with Gasteiger partial charge in [-0.25, -0.2) is 13.1 Å². The highest BCUT2D eigenvalue weighted by molar-refractivity contribution is 7.89. The molecule has 0 saturated carbocycles. The monoisotopic (exact) mass is 312 g/mol. The molecule has 3 aromatic rings. The number of aromatic nitrogens is 1. The minimum absolute atomic E-state index is 0.202. The van der Waals surface area contributed by atoms with Crippen molar-refractivity contribution in [2.45, 2.75) is 17.9 Å². The Morgan fingerprint density at radius 2 is 1.68 bits per heavy atom. The van der Waals surface area contributed by atoms with Crippen molar-refractivity contribution in [3.63, 3.8) is 0 Å². The van der Waals surface area contributed by atoms with E-state index in [1.807, 2.05) is 49.4 Å². The van der Waals surface area contributed by atoms with Crippen molar-refractivity contribution in [1.82, 2.24) is 9.71 Å². The van der Waals surface area contributed by atoms with E-state index in [0.29, 0.717) is 5.52 Å². The van der Waals surface area contributed by atoms with Gasteiger partial charge in [-0.05, 0) is 24.6 Å². The zero-order valence-electron chi connectivity index (χ0n) is 12.1. The number of sulfonamides is 1. The molecule has 0 spiro atoms. The van der Waals surface area contributed by atoms with E-state index in [4.69, 9.17) is 0 Å². The van der Waals surface area contributed by atoms with Crippen LogP contribution in [0.25, 0.3) is 10.9 Å². The van der Waals surface area contributed by atoms with Gasteiger partial charge >= 0.3 is 0 Å². The maximum atomic E-state index is 12.7. The maximum absolute atomic E-state index is 12.7. The molecule has 0 saturated heterocycles. The lowest BCUT2D eigenvalue weighted by Crippen LogP contribution is -2.27. The van der Waals surface area contributed by atoms with Crippen LogP contribution in [0.4, 0.5) is 0 Å². The van der Waals surface area contributed by atoms with Crippen LogP contribution in [-0.2, 0) is 10.0 Å². The standard InChI is InChI=1S/C17H16N2O2S/c1-13(14-7-3-2-4-8-14)19-22(20,21)16-11-5-9-15-10-6-12-18-17(15)16/h2-13,19H,1H3/t13-/m0/s1. The predicted octanol–water partition coefficient (Wildman–Crippen LogP) is 3.27. The molecule has 1 aromatic heterocycles. The Balaban J connectivity index is 1.99. The van der Waals surface area contributed by atoms with E-state index in [1.54, 1.807) is 24.4 Å². The van der Waals surface area contributed by atoms with Crippen molar-refractivity contribution in [3.8, 4) is 0 Å². The van der Waals surface area contributed by atoms with Crippen LogP contribution >= 0.6 is 0 Å². The number of pyridine rings is 1. The molecular weight excluding hydrogens is 296 g/mol. The van der Waals surface area contributed by atoms with Gasteiger partial charge in [0.25, 0.3) is 0 Å². The molecule has 0 fully saturated rings. The maximum Gasteiger partial charge on any atom is 0.243 e. The molecule has 0 aliphatic rings. The van der Waals surface area contributed by atoms with E-state index < -0.39 is 10.0 Å². The molecule has 0 radical (unpaired) electrons. The van der Waals surface area contributed by atoms with Crippen molar-refractivity contribution in [3.05, 3.63) is 72.4 Å². The van der Waals surface area contributed by atoms with Gasteiger partial charge in [-0.2, -0.15) is 0 Å². The third kappa shape index (κ3) is 2.86. The number of rotatable bonds is 4. The van der Waals surface area contributed by atoms with Gasteiger partial charge in [0.2, 0.25) is 10.0 Å². The molecule has 1 N–H and O–H groups in total. The summed E-state index contributed by atoms with van der Waals surface area (Å²) in [6.07, 6.45) is 1.60. The summed E-state index contributed by atoms with van der Waals surface area (Å²) in [5, 5.41) is 0.803. The first-order chi connectivity index (χ1) is 10.6. The number of fused-ring (bicyclic) bond motifs is 1. The summed E-state index contributed by atoms with van der Waals surface area (Å²) in [5.41, 5.74) is 1.40. The molecule has 3 rings (SSSR count). The van der Waals surface area contributed by atoms with Gasteiger partial charge < -0.3 is 0 Å². The number of hydrogen-bond donors (Lipinski definition) is 1. The third-order valence-corrected chi connectivity index (χ3v) is 5.09. The molecule has 0 unspecified atom stereocenters. The Morgan fingerprint density at radius 3 is 2.45 bits per heavy atom. The normalized spacial score (nSPS) is 13.1. The lowest BCUT2D eigenvalue weighted by molar-refractivity contribution is 0.567. The van der Waals surface area contributed by atoms with Gasteiger partial charge in [0.1, 0.15) is 4.90 Å². The lowest BCUT2D eigenvalue weighted by Gasteiger charge is -2.15. The Bertz CT molecular complexity index is 887. The van der Waals surface area contributed by atoms with E-state index in [2.05, 4.69) is 9.71 Å². The largest absolute Gasteiger partial charge is 0.255 e. The van der Waals surface area contributed by atoms with Gasteiger partial charge in [0.15, 0.2) is 0 Å². The molecule has 4 nitrogen and oxygen atoms in total. The summed E-state index contributed by atoms with van der Waals surface area (Å²) in [6.45, 7) is 1.82. The summed E-state index contributed by atoms with van der Waals surface area (Å²) in [6, 6.07) is 18.0. The topological polar surface area (TPSA) is 59.1 Å². The Hall–Kier alpha value is -2.24. The second-order valence-electron chi connectivity index (χ2n) is 5.08. The Morgan fingerprint density at radius 1 is 0.955 bits per heavy atom. The van der Waals surface area contributed by atoms with Crippen LogP contribution in [0, 0.1) is 0 Å². The number of nitrogens with one attached hydrogen (secondary N) is 1. The van der Waals surface area contributed by atoms with Crippen LogP contribution in [0.2, 0.25) is 0 Å². The van der Waals surface area contributed by atoms with E-state index >= 15 is 0 Å². The van der Waals surface area contributed by atoms with Crippen LogP contribution in [0.15, 0.2) is 71.8 Å². The van der Waals surface area contributed by atoms with Crippen molar-refractivity contribution in [2.75, 3.05) is 0 Å². The third-order valence-electron chi connectivity index (χ3n) is 3.52. The summed E-state index contributed by atoms with van der Waals surface area (Å²) in [4.78, 5) is 4.41. The van der Waals surface area contributed by atoms with E-state index in [1.165, 1.54) is 0 Å². The Labute approximate surface area is 129 Å². The SMILES string of the molecule is C[C@H](NS(=O)(=O)c1cccc2cccnc12)c1ccccc1. The lowest BCUT2D eigenvalue weighted by atomic mass is 10.1. The predicted molar refractivity (Wildman–Crippen MR) is 86.9 cm³/mol. The summed E-state index contributed by atoms with van der Waals surface area (Å²) < 4.78 is 28.1. The number of nitrogens with zero attached hydrogens (tertiary/aromatic N) is 1. The molecular formula is C17H16N2O2S. The molecule has 1 heterocycles. The van der Waals surface area contributed by atoms with E-state index in [9.17, 15) is 8.42 Å². The van der Waals surface area contributed by atoms with Gasteiger partial charge in [-0.15, -0.1) is 0 Å². The van der Waals surface area contributed by atoms with Crippen molar-refractivity contribution in [1.29, 1.82) is 0 Å². The highest BCUT2D eigenvalue weighted by Gasteiger charge is 2.21. The second-order valence-corrected chi connectivity index (χ2v) is 6.77. The van der Waals surface area contributed by atoms with Crippen molar-refractivity contribution >= 4 is 20.9 Å². The quantitative estimate of drug-likeness (QED) is 0.804. The minimum atomic E-state index is -3.65. The molecule has 22 heavy (non-hydrogen) atoms. The molecule has 0 bridgehead atoms. The molecule has 112 valence electrons. The molecule has 1 atom stereocenters. The van der Waals surface area contributed by atoms with Crippen LogP contribution in [0.1, 0.15) is 18.5 Å². The van der Waals surface area contributed by atoms with Gasteiger partial charge in [-0.3, -0.25) is 4.98 Å². The second kappa shape index (κ2) is 5.87. The van der Waals surface area contributed by atoms with Crippen LogP contribution in [0.5, 0.6) is 0 Å². The van der Waals surface area contributed by atoms with Crippen molar-refractivity contribution < 1.29 is 8.42 Å². The molecule has 0 aliphatic heterocycles. The average molecular weight is 312 g/mol. The first-order valence-electron chi connectivity index (χ1n) is 6.99. The fraction of sp³-hybridized carbons (Fsp3) is 0.118. The van der Waals surface area contributed by atoms with E-state index in [0.717, 1.165) is 10.9 Å². The number of benzene rings is 2. The molecule has 5 heteroatoms. The molecule has 0 aliphatic carbocycles. The summed E-state index contributed by atoms with van der Waals surface area (Å²) in [7, 11) is -3.65. The first kappa shape index (κ1) is 14.7. The van der Waals surface area contributed by atoms with Crippen LogP contribution in [0.3, 0.4) is 0 Å². The average Bonchev–Trinajstić information content (AvgIpc) is 2.54. The van der Waals surface area contributed by atoms with E-state index in [-0.39, 0.29) is 10.9 Å². The molecule has 2 aromatic carbocycles. The van der Waals surface area contributed by atoms with Gasteiger partial charge in [0.05, 0.1) is 5.52 Å². The summed E-state index contributed by atoms with van der Waals surface area (Å²) >= 11 is 0. The van der Waals surface area contributed by atoms with Gasteiger partial charge in [-0.1, -0.05) is 48.5 Å². The smallest absolute Gasteiger partial charge is 0.243 e. The number of para-hydroxylation sites is 1. The fourth-order valence-corrected chi connectivity index (χ4v) is 3.81. The zero-order chi connectivity index (χ0) is 15.6. The Kier molecular flexibility index (Phi) is 3.92. The highest BCUT2D eigenvalue weighted by Crippen LogP contribution is 2.22. The first-order valence-corrected chi connectivity index (χ1v) is 8.47. The molecule has 0 amide bonds. The van der Waals surface area contributed by atoms with Crippen LogP contribution in [-0.4, -0.2) is 13.4 Å². The minimum Gasteiger partial charge on any atom is -0.255 e. The van der Waals surface area contributed by atoms with Crippen LogP contribution < -0.4 is 4.72 Å². The summed E-state index contributed by atoms with van der Waals surface area (Å²) in [5.74, 6) is 0. The van der Waals surface area contributed by atoms with Crippen molar-refractivity contribution in [2.24, 2.45) is 0 Å². The highest BCUT2D eigenvalue weighted by atomic mass is 32.2.